The standard InChI is InChI=1S/C24H29N3O3/c28-22-8-2-7-21-18-10-19(12-25(11-18)15-20-6-3-9-30-20)23(27(21)22)24(29)26-13-16-4-1-5-17(16)14-26/h2-3,6-9,16-19,23H,1,4-5,10-15H2/t16-,17+,18-,19+,23-/m1/s1. The lowest BCUT2D eigenvalue weighted by atomic mass is 9.78. The van der Waals surface area contributed by atoms with E-state index >= 15 is 0 Å². The van der Waals surface area contributed by atoms with Crippen LogP contribution >= 0.6 is 0 Å². The fraction of sp³-hybridized carbons (Fsp3) is 0.583. The average Bonchev–Trinajstić information content (AvgIpc) is 3.46. The summed E-state index contributed by atoms with van der Waals surface area (Å²) in [4.78, 5) is 31.2. The fourth-order valence-corrected chi connectivity index (χ4v) is 6.70. The predicted octanol–water partition coefficient (Wildman–Crippen LogP) is 2.86. The Bertz CT molecular complexity index is 985. The molecule has 6 nitrogen and oxygen atoms in total. The van der Waals surface area contributed by atoms with Crippen molar-refractivity contribution in [2.24, 2.45) is 17.8 Å². The molecular weight excluding hydrogens is 378 g/mol. The molecule has 2 aromatic rings. The summed E-state index contributed by atoms with van der Waals surface area (Å²) in [5.74, 6) is 2.91. The molecule has 158 valence electrons. The molecule has 6 heteroatoms. The Morgan fingerprint density at radius 2 is 1.83 bits per heavy atom. The minimum Gasteiger partial charge on any atom is -0.468 e. The topological polar surface area (TPSA) is 58.7 Å². The number of hydrogen-bond acceptors (Lipinski definition) is 4. The molecule has 2 saturated heterocycles. The maximum atomic E-state index is 13.8. The van der Waals surface area contributed by atoms with Gasteiger partial charge in [0.05, 0.1) is 12.8 Å². The molecular formula is C24H29N3O3. The monoisotopic (exact) mass is 407 g/mol. The van der Waals surface area contributed by atoms with Crippen molar-refractivity contribution in [1.29, 1.82) is 0 Å². The molecule has 5 atom stereocenters. The number of piperidine rings is 1. The van der Waals surface area contributed by atoms with Crippen LogP contribution in [0, 0.1) is 17.8 Å². The van der Waals surface area contributed by atoms with Gasteiger partial charge >= 0.3 is 0 Å². The summed E-state index contributed by atoms with van der Waals surface area (Å²) in [6.45, 7) is 4.24. The van der Waals surface area contributed by atoms with E-state index in [1.165, 1.54) is 19.3 Å². The Labute approximate surface area is 176 Å². The van der Waals surface area contributed by atoms with Crippen molar-refractivity contribution in [3.8, 4) is 0 Å². The number of carbonyl (C=O) groups is 1. The van der Waals surface area contributed by atoms with Gasteiger partial charge in [-0.25, -0.2) is 0 Å². The number of furan rings is 1. The molecule has 6 rings (SSSR count). The van der Waals surface area contributed by atoms with Crippen molar-refractivity contribution in [2.75, 3.05) is 26.2 Å². The second-order valence-electron chi connectivity index (χ2n) is 9.76. The Morgan fingerprint density at radius 1 is 1.00 bits per heavy atom. The normalized spacial score (nSPS) is 32.8. The number of pyridine rings is 1. The third kappa shape index (κ3) is 2.96. The van der Waals surface area contributed by atoms with Crippen LogP contribution in [0.2, 0.25) is 0 Å². The highest BCUT2D eigenvalue weighted by Crippen LogP contribution is 2.44. The van der Waals surface area contributed by atoms with Crippen molar-refractivity contribution in [2.45, 2.75) is 44.2 Å². The molecule has 0 N–H and O–H groups in total. The Morgan fingerprint density at radius 3 is 2.60 bits per heavy atom. The van der Waals surface area contributed by atoms with E-state index in [9.17, 15) is 9.59 Å². The summed E-state index contributed by atoms with van der Waals surface area (Å²) in [7, 11) is 0. The molecule has 5 heterocycles. The first kappa shape index (κ1) is 18.4. The van der Waals surface area contributed by atoms with Crippen molar-refractivity contribution < 1.29 is 9.21 Å². The highest BCUT2D eigenvalue weighted by atomic mass is 16.3. The van der Waals surface area contributed by atoms with Crippen LogP contribution in [0.25, 0.3) is 0 Å². The molecule has 3 fully saturated rings. The van der Waals surface area contributed by atoms with Gasteiger partial charge in [0.15, 0.2) is 0 Å². The Balaban J connectivity index is 1.33. The summed E-state index contributed by atoms with van der Waals surface area (Å²) in [5.41, 5.74) is 1.00. The zero-order valence-corrected chi connectivity index (χ0v) is 17.3. The van der Waals surface area contributed by atoms with Crippen LogP contribution in [0.15, 0.2) is 45.8 Å². The van der Waals surface area contributed by atoms with Crippen LogP contribution in [-0.2, 0) is 11.3 Å². The van der Waals surface area contributed by atoms with Crippen LogP contribution in [0.4, 0.5) is 0 Å². The molecule has 2 aromatic heterocycles. The Kier molecular flexibility index (Phi) is 4.37. The fourth-order valence-electron chi connectivity index (χ4n) is 6.70. The van der Waals surface area contributed by atoms with Crippen molar-refractivity contribution in [3.05, 3.63) is 58.4 Å². The molecule has 1 aliphatic carbocycles. The van der Waals surface area contributed by atoms with Gasteiger partial charge in [-0.2, -0.15) is 0 Å². The summed E-state index contributed by atoms with van der Waals surface area (Å²) < 4.78 is 7.42. The smallest absolute Gasteiger partial charge is 0.251 e. The van der Waals surface area contributed by atoms with E-state index in [0.717, 1.165) is 50.6 Å². The van der Waals surface area contributed by atoms with E-state index in [-0.39, 0.29) is 29.3 Å². The average molecular weight is 408 g/mol. The maximum Gasteiger partial charge on any atom is 0.251 e. The molecule has 3 aliphatic heterocycles. The van der Waals surface area contributed by atoms with Gasteiger partial charge in [-0.1, -0.05) is 12.5 Å². The largest absolute Gasteiger partial charge is 0.468 e. The summed E-state index contributed by atoms with van der Waals surface area (Å²) in [6.07, 6.45) is 6.49. The number of aromatic nitrogens is 1. The molecule has 0 aromatic carbocycles. The number of nitrogens with zero attached hydrogens (tertiary/aromatic N) is 3. The van der Waals surface area contributed by atoms with Crippen molar-refractivity contribution in [1.82, 2.24) is 14.4 Å². The zero-order valence-electron chi connectivity index (χ0n) is 17.3. The summed E-state index contributed by atoms with van der Waals surface area (Å²) >= 11 is 0. The molecule has 1 saturated carbocycles. The third-order valence-corrected chi connectivity index (χ3v) is 7.97. The van der Waals surface area contributed by atoms with Crippen molar-refractivity contribution >= 4 is 5.91 Å². The number of amides is 1. The van der Waals surface area contributed by atoms with Crippen LogP contribution in [0.5, 0.6) is 0 Å². The van der Waals surface area contributed by atoms with Gasteiger partial charge in [0, 0.05) is 49.8 Å². The lowest BCUT2D eigenvalue weighted by molar-refractivity contribution is -0.137. The third-order valence-electron chi connectivity index (χ3n) is 7.97. The van der Waals surface area contributed by atoms with Crippen LogP contribution < -0.4 is 5.56 Å². The van der Waals surface area contributed by atoms with E-state index in [1.54, 1.807) is 12.3 Å². The van der Waals surface area contributed by atoms with Crippen LogP contribution in [0.3, 0.4) is 0 Å². The van der Waals surface area contributed by atoms with E-state index in [4.69, 9.17) is 4.42 Å². The van der Waals surface area contributed by atoms with Gasteiger partial charge < -0.3 is 9.32 Å². The van der Waals surface area contributed by atoms with Gasteiger partial charge in [0.1, 0.15) is 11.8 Å². The predicted molar refractivity (Wildman–Crippen MR) is 112 cm³/mol. The first-order valence-corrected chi connectivity index (χ1v) is 11.4. The molecule has 2 bridgehead atoms. The molecule has 4 aliphatic rings. The number of fused-ring (bicyclic) bond motifs is 5. The number of likely N-dealkylation sites (tertiary alicyclic amines) is 2. The first-order chi connectivity index (χ1) is 14.7. The SMILES string of the molecule is O=C([C@H]1[C@H]2C[C@H](CN(Cc3ccco3)C2)c2cccc(=O)n21)N1C[C@H]2CCC[C@H]2C1. The quantitative estimate of drug-likeness (QED) is 0.785. The van der Waals surface area contributed by atoms with Crippen LogP contribution in [0.1, 0.15) is 49.1 Å². The van der Waals surface area contributed by atoms with Gasteiger partial charge in [-0.3, -0.25) is 19.1 Å². The van der Waals surface area contributed by atoms with Crippen molar-refractivity contribution in [3.63, 3.8) is 0 Å². The Hall–Kier alpha value is -2.34. The lowest BCUT2D eigenvalue weighted by Gasteiger charge is -2.46. The zero-order chi connectivity index (χ0) is 20.2. The summed E-state index contributed by atoms with van der Waals surface area (Å²) in [5, 5.41) is 0. The first-order valence-electron chi connectivity index (χ1n) is 11.4. The highest BCUT2D eigenvalue weighted by Gasteiger charge is 2.47. The maximum absolute atomic E-state index is 13.8. The molecule has 30 heavy (non-hydrogen) atoms. The molecule has 0 radical (unpaired) electrons. The number of rotatable bonds is 3. The summed E-state index contributed by atoms with van der Waals surface area (Å²) in [6, 6.07) is 9.08. The van der Waals surface area contributed by atoms with Gasteiger partial charge in [-0.05, 0) is 49.3 Å². The lowest BCUT2D eigenvalue weighted by Crippen LogP contribution is -2.53. The van der Waals surface area contributed by atoms with E-state index in [1.807, 2.05) is 22.8 Å². The van der Waals surface area contributed by atoms with Gasteiger partial charge in [0.2, 0.25) is 5.91 Å². The minimum absolute atomic E-state index is 0.0283. The molecule has 1 amide bonds. The minimum atomic E-state index is -0.372. The number of carbonyl (C=O) groups excluding carboxylic acids is 1. The van der Waals surface area contributed by atoms with E-state index < -0.39 is 0 Å². The van der Waals surface area contributed by atoms with E-state index in [2.05, 4.69) is 15.9 Å². The number of hydrogen-bond donors (Lipinski definition) is 0. The molecule has 0 unspecified atom stereocenters. The highest BCUT2D eigenvalue weighted by molar-refractivity contribution is 5.81. The second kappa shape index (κ2) is 7.12. The van der Waals surface area contributed by atoms with Gasteiger partial charge in [-0.15, -0.1) is 0 Å². The van der Waals surface area contributed by atoms with Gasteiger partial charge in [0.25, 0.3) is 5.56 Å². The second-order valence-corrected chi connectivity index (χ2v) is 9.76. The van der Waals surface area contributed by atoms with E-state index in [0.29, 0.717) is 11.8 Å². The van der Waals surface area contributed by atoms with Crippen LogP contribution in [-0.4, -0.2) is 46.5 Å². The molecule has 0 spiro atoms.